The molecule has 208 valence electrons. The van der Waals surface area contributed by atoms with E-state index in [1.54, 1.807) is 21.0 Å². The van der Waals surface area contributed by atoms with E-state index >= 15 is 0 Å². The van der Waals surface area contributed by atoms with E-state index in [1.165, 1.54) is 7.11 Å². The van der Waals surface area contributed by atoms with Crippen molar-refractivity contribution in [2.75, 3.05) is 34.1 Å². The minimum absolute atomic E-state index is 0.0701. The number of aliphatic hydroxyl groups is 2. The molecule has 0 amide bonds. The highest BCUT2D eigenvalue weighted by Gasteiger charge is 2.59. The Morgan fingerprint density at radius 1 is 1.13 bits per heavy atom. The monoisotopic (exact) mass is 531 g/mol. The van der Waals surface area contributed by atoms with Crippen LogP contribution in [0.25, 0.3) is 0 Å². The summed E-state index contributed by atoms with van der Waals surface area (Å²) in [5.74, 6) is -0.163. The van der Waals surface area contributed by atoms with Crippen LogP contribution in [0.15, 0.2) is 24.0 Å². The van der Waals surface area contributed by atoms with Crippen molar-refractivity contribution < 1.29 is 43.5 Å². The molecule has 4 aliphatic rings. The molecule has 10 nitrogen and oxygen atoms in total. The number of ether oxygens (including phenoxy) is 5. The van der Waals surface area contributed by atoms with Gasteiger partial charge in [-0.25, -0.2) is 4.79 Å². The van der Waals surface area contributed by atoms with Gasteiger partial charge in [-0.15, -0.1) is 0 Å². The molecule has 3 heterocycles. The number of rotatable bonds is 8. The van der Waals surface area contributed by atoms with Gasteiger partial charge in [0.15, 0.2) is 23.2 Å². The summed E-state index contributed by atoms with van der Waals surface area (Å²) in [5, 5.41) is 21.7. The number of nitrogens with zero attached hydrogens (tertiary/aromatic N) is 1. The third kappa shape index (κ3) is 4.63. The zero-order chi connectivity index (χ0) is 27.3. The Hall–Kier alpha value is -2.82. The maximum atomic E-state index is 13.7. The van der Waals surface area contributed by atoms with Gasteiger partial charge in [-0.2, -0.15) is 0 Å². The summed E-state index contributed by atoms with van der Waals surface area (Å²) in [6.45, 7) is 5.04. The third-order valence-corrected chi connectivity index (χ3v) is 8.39. The fourth-order valence-electron chi connectivity index (χ4n) is 6.41. The van der Waals surface area contributed by atoms with Crippen molar-refractivity contribution in [3.05, 3.63) is 35.1 Å². The maximum absolute atomic E-state index is 13.7. The van der Waals surface area contributed by atoms with Crippen LogP contribution >= 0.6 is 0 Å². The number of benzene rings is 1. The Balaban J connectivity index is 1.53. The topological polar surface area (TPSA) is 124 Å². The number of hydrogen-bond acceptors (Lipinski definition) is 10. The molecular formula is C28H37NO9. The summed E-state index contributed by atoms with van der Waals surface area (Å²) in [6.07, 6.45) is 3.18. The first kappa shape index (κ1) is 26.8. The highest BCUT2D eigenvalue weighted by molar-refractivity contribution is 5.86. The molecule has 0 aromatic heterocycles. The SMILES string of the molecule is COC(=O)C[C@](O)(CCC(C)(C)O)C(=O)O[C@@H]1C(OC)=C[C@@]23CCCN2CCc2cc4c(cc2[C@@H]13)OCO4. The fraction of sp³-hybridized carbons (Fsp3) is 0.643. The van der Waals surface area contributed by atoms with Gasteiger partial charge in [0.05, 0.1) is 37.7 Å². The molecule has 2 N–H and O–H groups in total. The lowest BCUT2D eigenvalue weighted by Gasteiger charge is -2.39. The van der Waals surface area contributed by atoms with Gasteiger partial charge >= 0.3 is 11.9 Å². The molecule has 0 bridgehead atoms. The molecule has 3 aliphatic heterocycles. The van der Waals surface area contributed by atoms with Crippen molar-refractivity contribution in [1.82, 2.24) is 4.90 Å². The average molecular weight is 532 g/mol. The number of carbonyl (C=O) groups excluding carboxylic acids is 2. The van der Waals surface area contributed by atoms with Crippen molar-refractivity contribution in [1.29, 1.82) is 0 Å². The minimum atomic E-state index is -2.18. The predicted octanol–water partition coefficient (Wildman–Crippen LogP) is 2.19. The number of hydrogen-bond donors (Lipinski definition) is 2. The lowest BCUT2D eigenvalue weighted by molar-refractivity contribution is -0.179. The first-order chi connectivity index (χ1) is 18.0. The van der Waals surface area contributed by atoms with Crippen LogP contribution in [0.5, 0.6) is 11.5 Å². The Bertz CT molecular complexity index is 1140. The van der Waals surface area contributed by atoms with Gasteiger partial charge < -0.3 is 33.9 Å². The first-order valence-electron chi connectivity index (χ1n) is 13.2. The zero-order valence-corrected chi connectivity index (χ0v) is 22.5. The maximum Gasteiger partial charge on any atom is 0.339 e. The highest BCUT2D eigenvalue weighted by atomic mass is 16.7. The van der Waals surface area contributed by atoms with E-state index in [0.717, 1.165) is 43.5 Å². The number of carbonyl (C=O) groups is 2. The molecule has 5 rings (SSSR count). The van der Waals surface area contributed by atoms with Gasteiger partial charge in [-0.3, -0.25) is 9.69 Å². The average Bonchev–Trinajstić information content (AvgIpc) is 3.56. The van der Waals surface area contributed by atoms with E-state index in [0.29, 0.717) is 17.3 Å². The van der Waals surface area contributed by atoms with Crippen LogP contribution in [0, 0.1) is 0 Å². The van der Waals surface area contributed by atoms with Crippen molar-refractivity contribution in [3.63, 3.8) is 0 Å². The Morgan fingerprint density at radius 2 is 1.87 bits per heavy atom. The molecule has 0 radical (unpaired) electrons. The van der Waals surface area contributed by atoms with Gasteiger partial charge in [-0.1, -0.05) is 0 Å². The predicted molar refractivity (Wildman–Crippen MR) is 135 cm³/mol. The van der Waals surface area contributed by atoms with Gasteiger partial charge in [-0.05, 0) is 81.8 Å². The van der Waals surface area contributed by atoms with Crippen LogP contribution < -0.4 is 9.47 Å². The number of methoxy groups -OCH3 is 2. The molecule has 1 saturated heterocycles. The van der Waals surface area contributed by atoms with E-state index in [9.17, 15) is 19.8 Å². The van der Waals surface area contributed by atoms with Crippen molar-refractivity contribution >= 4 is 11.9 Å². The van der Waals surface area contributed by atoms with Crippen molar-refractivity contribution in [2.45, 2.75) is 81.1 Å². The molecule has 10 heteroatoms. The van der Waals surface area contributed by atoms with Crippen LogP contribution in [0.2, 0.25) is 0 Å². The van der Waals surface area contributed by atoms with E-state index < -0.39 is 41.2 Å². The second-order valence-corrected chi connectivity index (χ2v) is 11.4. The van der Waals surface area contributed by atoms with Crippen LogP contribution in [-0.2, 0) is 30.2 Å². The van der Waals surface area contributed by atoms with E-state index in [-0.39, 0.29) is 25.6 Å². The molecule has 1 spiro atoms. The van der Waals surface area contributed by atoms with Gasteiger partial charge in [0.2, 0.25) is 6.79 Å². The fourth-order valence-corrected chi connectivity index (χ4v) is 6.41. The van der Waals surface area contributed by atoms with Crippen LogP contribution in [-0.4, -0.2) is 84.0 Å². The van der Waals surface area contributed by atoms with Crippen LogP contribution in [0.4, 0.5) is 0 Å². The van der Waals surface area contributed by atoms with Crippen molar-refractivity contribution in [3.8, 4) is 11.5 Å². The summed E-state index contributed by atoms with van der Waals surface area (Å²) < 4.78 is 28.0. The molecule has 1 aromatic carbocycles. The number of esters is 2. The van der Waals surface area contributed by atoms with Gasteiger partial charge in [0.25, 0.3) is 0 Å². The standard InChI is InChI=1S/C28H37NO9/c1-26(2,32)8-9-28(33,15-22(30)35-4)25(31)38-24-21(34-3)14-27-7-5-10-29(27)11-6-17-12-19-20(37-16-36-19)13-18(17)23(24)27/h12-14,23-24,32-33H,5-11,15-16H2,1-4H3/t23-,24+,27+,28+/m0/s1. The number of fused-ring (bicyclic) bond motifs is 3. The molecule has 1 aliphatic carbocycles. The summed E-state index contributed by atoms with van der Waals surface area (Å²) in [5.41, 5.74) is -1.69. The van der Waals surface area contributed by atoms with Crippen molar-refractivity contribution in [2.24, 2.45) is 0 Å². The molecule has 0 unspecified atom stereocenters. The molecule has 0 saturated carbocycles. The Morgan fingerprint density at radius 3 is 2.55 bits per heavy atom. The van der Waals surface area contributed by atoms with Gasteiger partial charge in [0.1, 0.15) is 5.76 Å². The second-order valence-electron chi connectivity index (χ2n) is 11.4. The molecular weight excluding hydrogens is 494 g/mol. The minimum Gasteiger partial charge on any atom is -0.497 e. The quantitative estimate of drug-likeness (QED) is 0.483. The molecule has 1 fully saturated rings. The Kier molecular flexibility index (Phi) is 6.86. The summed E-state index contributed by atoms with van der Waals surface area (Å²) in [4.78, 5) is 28.3. The second kappa shape index (κ2) is 9.73. The van der Waals surface area contributed by atoms with E-state index in [1.807, 2.05) is 12.1 Å². The van der Waals surface area contributed by atoms with E-state index in [4.69, 9.17) is 23.7 Å². The van der Waals surface area contributed by atoms with Gasteiger partial charge in [0, 0.05) is 6.54 Å². The normalized spacial score (nSPS) is 27.4. The largest absolute Gasteiger partial charge is 0.497 e. The smallest absolute Gasteiger partial charge is 0.339 e. The Labute approximate surface area is 222 Å². The van der Waals surface area contributed by atoms with Crippen LogP contribution in [0.3, 0.4) is 0 Å². The van der Waals surface area contributed by atoms with E-state index in [2.05, 4.69) is 11.0 Å². The lowest BCUT2D eigenvalue weighted by atomic mass is 9.77. The summed E-state index contributed by atoms with van der Waals surface area (Å²) >= 11 is 0. The summed E-state index contributed by atoms with van der Waals surface area (Å²) in [6, 6.07) is 3.99. The highest BCUT2D eigenvalue weighted by Crippen LogP contribution is 2.55. The molecule has 1 aromatic rings. The molecule has 4 atom stereocenters. The summed E-state index contributed by atoms with van der Waals surface area (Å²) in [7, 11) is 2.74. The van der Waals surface area contributed by atoms with Crippen LogP contribution in [0.1, 0.15) is 63.0 Å². The zero-order valence-electron chi connectivity index (χ0n) is 22.5. The first-order valence-corrected chi connectivity index (χ1v) is 13.2. The lowest BCUT2D eigenvalue weighted by Crippen LogP contribution is -2.49. The molecule has 38 heavy (non-hydrogen) atoms. The third-order valence-electron chi connectivity index (χ3n) is 8.39.